The van der Waals surface area contributed by atoms with Gasteiger partial charge in [0.1, 0.15) is 11.9 Å². The van der Waals surface area contributed by atoms with Crippen molar-refractivity contribution in [1.82, 2.24) is 9.97 Å². The van der Waals surface area contributed by atoms with Gasteiger partial charge in [-0.2, -0.15) is 18.4 Å². The Morgan fingerprint density at radius 2 is 1.73 bits per heavy atom. The average Bonchev–Trinajstić information content (AvgIpc) is 2.84. The molecular weight excluding hydrogens is 521 g/mol. The molecule has 2 amide bonds. The number of hydrogen-bond acceptors (Lipinski definition) is 5. The summed E-state index contributed by atoms with van der Waals surface area (Å²) < 4.78 is 68.1. The van der Waals surface area contributed by atoms with Crippen LogP contribution in [0.2, 0.25) is 5.02 Å². The maximum Gasteiger partial charge on any atom is 0.417 e. The zero-order valence-electron chi connectivity index (χ0n) is 18.1. The van der Waals surface area contributed by atoms with Gasteiger partial charge >= 0.3 is 12.2 Å². The molecule has 0 bridgehead atoms. The lowest BCUT2D eigenvalue weighted by Gasteiger charge is -2.13. The van der Waals surface area contributed by atoms with Crippen LogP contribution in [0.1, 0.15) is 27.2 Å². The van der Waals surface area contributed by atoms with Crippen molar-refractivity contribution in [2.75, 3.05) is 10.6 Å². The monoisotopic (exact) mass is 531 g/mol. The van der Waals surface area contributed by atoms with E-state index in [0.29, 0.717) is 11.6 Å². The lowest BCUT2D eigenvalue weighted by molar-refractivity contribution is -0.137. The molecule has 0 aliphatic heterocycles. The Labute approximate surface area is 209 Å². The average molecular weight is 532 g/mol. The van der Waals surface area contributed by atoms with Gasteiger partial charge in [0.15, 0.2) is 17.3 Å². The van der Waals surface area contributed by atoms with Gasteiger partial charge in [0, 0.05) is 11.3 Å². The number of alkyl halides is 3. The number of fused-ring (bicyclic) bond motifs is 1. The Balaban J connectivity index is 1.59. The van der Waals surface area contributed by atoms with E-state index in [9.17, 15) is 27.2 Å². The van der Waals surface area contributed by atoms with Crippen LogP contribution in [-0.4, -0.2) is 21.8 Å². The van der Waals surface area contributed by atoms with Crippen LogP contribution in [0.5, 0.6) is 0 Å². The number of nitrogens with one attached hydrogen (secondary N) is 2. The molecule has 0 aliphatic carbocycles. The topological polar surface area (TPSA) is 108 Å². The molecule has 0 aliphatic rings. The minimum Gasteiger partial charge on any atom is -0.308 e. The van der Waals surface area contributed by atoms with E-state index in [1.54, 1.807) is 6.07 Å². The highest BCUT2D eigenvalue weighted by Gasteiger charge is 2.33. The Morgan fingerprint density at radius 1 is 0.973 bits per heavy atom. The Kier molecular flexibility index (Phi) is 6.74. The third kappa shape index (κ3) is 5.31. The molecule has 1 aromatic heterocycles. The molecule has 0 radical (unpaired) electrons. The lowest BCUT2D eigenvalue weighted by Crippen LogP contribution is -2.21. The van der Waals surface area contributed by atoms with Crippen molar-refractivity contribution in [1.29, 1.82) is 5.26 Å². The number of nitrogens with zero attached hydrogens (tertiary/aromatic N) is 3. The van der Waals surface area contributed by atoms with Crippen molar-refractivity contribution in [3.63, 3.8) is 0 Å². The van der Waals surface area contributed by atoms with Crippen LogP contribution in [-0.2, 0) is 6.18 Å². The first kappa shape index (κ1) is 25.5. The van der Waals surface area contributed by atoms with Gasteiger partial charge in [-0.3, -0.25) is 9.78 Å². The molecule has 1 heterocycles. The Hall–Kier alpha value is -4.63. The summed E-state index contributed by atoms with van der Waals surface area (Å²) in [6.45, 7) is 0. The fourth-order valence-corrected chi connectivity index (χ4v) is 3.60. The van der Waals surface area contributed by atoms with Crippen LogP contribution in [0.3, 0.4) is 0 Å². The van der Waals surface area contributed by atoms with Crippen LogP contribution in [0.4, 0.5) is 38.1 Å². The molecule has 0 atom stereocenters. The van der Waals surface area contributed by atoms with Gasteiger partial charge in [-0.05, 0) is 48.5 Å². The highest BCUT2D eigenvalue weighted by Crippen LogP contribution is 2.36. The molecule has 4 rings (SSSR count). The maximum atomic E-state index is 15.1. The number of carbonyl (C=O) groups is 2. The van der Waals surface area contributed by atoms with Crippen LogP contribution >= 0.6 is 11.6 Å². The van der Waals surface area contributed by atoms with Gasteiger partial charge in [0.2, 0.25) is 0 Å². The van der Waals surface area contributed by atoms with Gasteiger partial charge in [0.05, 0.1) is 39.1 Å². The second kappa shape index (κ2) is 9.79. The van der Waals surface area contributed by atoms with E-state index in [0.717, 1.165) is 24.3 Å². The van der Waals surface area contributed by atoms with Crippen LogP contribution in [0.25, 0.3) is 11.0 Å². The quantitative estimate of drug-likeness (QED) is 0.236. The number of rotatable bonds is 4. The Bertz CT molecular complexity index is 1620. The number of nitriles is 1. The van der Waals surface area contributed by atoms with E-state index in [1.807, 2.05) is 0 Å². The Morgan fingerprint density at radius 3 is 2.41 bits per heavy atom. The van der Waals surface area contributed by atoms with Crippen molar-refractivity contribution in [3.8, 4) is 6.07 Å². The number of ketones is 1. The SMILES string of the molecule is N#Cc1cnc2ccc(C(=O)c3c(F)ccc(NC(=O)Nc4ccc(C(F)(F)F)c(Cl)c4)c3F)cc2n1. The van der Waals surface area contributed by atoms with Gasteiger partial charge in [-0.15, -0.1) is 0 Å². The van der Waals surface area contributed by atoms with Crippen molar-refractivity contribution in [2.24, 2.45) is 0 Å². The normalized spacial score (nSPS) is 11.2. The zero-order valence-corrected chi connectivity index (χ0v) is 18.9. The van der Waals surface area contributed by atoms with E-state index in [1.165, 1.54) is 24.4 Å². The second-order valence-electron chi connectivity index (χ2n) is 7.46. The molecule has 4 aromatic rings. The summed E-state index contributed by atoms with van der Waals surface area (Å²) in [5.41, 5.74) is -2.50. The molecular formula is C24H11ClF5N5O2. The molecule has 0 fully saturated rings. The van der Waals surface area contributed by atoms with Crippen molar-refractivity contribution < 1.29 is 31.5 Å². The van der Waals surface area contributed by atoms with Gasteiger partial charge in [0.25, 0.3) is 0 Å². The zero-order chi connectivity index (χ0) is 26.9. The first-order chi connectivity index (χ1) is 17.5. The number of urea groups is 1. The van der Waals surface area contributed by atoms with Gasteiger partial charge in [-0.25, -0.2) is 18.6 Å². The largest absolute Gasteiger partial charge is 0.417 e. The summed E-state index contributed by atoms with van der Waals surface area (Å²) in [4.78, 5) is 33.2. The van der Waals surface area contributed by atoms with E-state index in [2.05, 4.69) is 20.6 Å². The summed E-state index contributed by atoms with van der Waals surface area (Å²) in [7, 11) is 0. The summed E-state index contributed by atoms with van der Waals surface area (Å²) in [5, 5.41) is 12.5. The van der Waals surface area contributed by atoms with E-state index >= 15 is 4.39 Å². The summed E-state index contributed by atoms with van der Waals surface area (Å²) >= 11 is 5.61. The number of amides is 2. The molecule has 186 valence electrons. The number of hydrogen-bond donors (Lipinski definition) is 2. The molecule has 13 heteroatoms. The van der Waals surface area contributed by atoms with E-state index in [4.69, 9.17) is 16.9 Å². The van der Waals surface area contributed by atoms with Crippen molar-refractivity contribution >= 4 is 45.8 Å². The standard InChI is InChI=1S/C24H11ClF5N5O2/c25-15-8-12(2-3-14(15)24(28,29)30)34-23(37)35-18-6-4-16(26)20(21(18)27)22(36)11-1-5-17-19(7-11)33-13(9-31)10-32-17/h1-8,10H,(H2,34,35,37). The molecule has 0 saturated carbocycles. The third-order valence-corrected chi connectivity index (χ3v) is 5.33. The molecule has 0 unspecified atom stereocenters. The molecule has 7 nitrogen and oxygen atoms in total. The lowest BCUT2D eigenvalue weighted by atomic mass is 10.0. The molecule has 0 saturated heterocycles. The van der Waals surface area contributed by atoms with Crippen LogP contribution in [0, 0.1) is 23.0 Å². The number of halogens is 6. The highest BCUT2D eigenvalue weighted by molar-refractivity contribution is 6.31. The molecule has 3 aromatic carbocycles. The smallest absolute Gasteiger partial charge is 0.308 e. The molecule has 0 spiro atoms. The number of benzene rings is 3. The number of aromatic nitrogens is 2. The van der Waals surface area contributed by atoms with Crippen LogP contribution in [0.15, 0.2) is 54.7 Å². The first-order valence-electron chi connectivity index (χ1n) is 10.1. The predicted molar refractivity (Wildman–Crippen MR) is 123 cm³/mol. The van der Waals surface area contributed by atoms with Crippen molar-refractivity contribution in [3.05, 3.63) is 93.8 Å². The fraction of sp³-hybridized carbons (Fsp3) is 0.0417. The summed E-state index contributed by atoms with van der Waals surface area (Å²) in [5.74, 6) is -3.66. The fourth-order valence-electron chi connectivity index (χ4n) is 3.32. The number of anilines is 2. The minimum absolute atomic E-state index is 0.0268. The third-order valence-electron chi connectivity index (χ3n) is 5.02. The van der Waals surface area contributed by atoms with Crippen LogP contribution < -0.4 is 10.6 Å². The first-order valence-corrected chi connectivity index (χ1v) is 10.5. The van der Waals surface area contributed by atoms with Crippen molar-refractivity contribution in [2.45, 2.75) is 6.18 Å². The number of carbonyl (C=O) groups excluding carboxylic acids is 2. The molecule has 37 heavy (non-hydrogen) atoms. The summed E-state index contributed by atoms with van der Waals surface area (Å²) in [6, 6.07) is 8.63. The van der Waals surface area contributed by atoms with Gasteiger partial charge in [-0.1, -0.05) is 11.6 Å². The minimum atomic E-state index is -4.70. The summed E-state index contributed by atoms with van der Waals surface area (Å²) in [6.07, 6.45) is -3.48. The predicted octanol–water partition coefficient (Wildman–Crippen LogP) is 6.33. The van der Waals surface area contributed by atoms with Gasteiger partial charge < -0.3 is 10.6 Å². The molecule has 2 N–H and O–H groups in total. The van der Waals surface area contributed by atoms with E-state index in [-0.39, 0.29) is 22.5 Å². The van der Waals surface area contributed by atoms with E-state index < -0.39 is 51.5 Å². The second-order valence-corrected chi connectivity index (χ2v) is 7.86. The highest BCUT2D eigenvalue weighted by atomic mass is 35.5. The maximum absolute atomic E-state index is 15.1.